The number of aryl methyl sites for hydroxylation is 2. The number of hydrogen-bond donors (Lipinski definition) is 1. The van der Waals surface area contributed by atoms with Crippen molar-refractivity contribution in [2.24, 2.45) is 0 Å². The molecule has 21 heavy (non-hydrogen) atoms. The minimum absolute atomic E-state index is 0.0379. The first-order chi connectivity index (χ1) is 10.0. The molecule has 2 aromatic rings. The molecule has 0 saturated carbocycles. The molecular weight excluding hydrogens is 354 g/mol. The molecule has 0 amide bonds. The summed E-state index contributed by atoms with van der Waals surface area (Å²) in [6.45, 7) is 6.85. The highest BCUT2D eigenvalue weighted by Gasteiger charge is 2.13. The Morgan fingerprint density at radius 1 is 1.29 bits per heavy atom. The fourth-order valence-corrected chi connectivity index (χ4v) is 3.30. The molecule has 6 heteroatoms. The summed E-state index contributed by atoms with van der Waals surface area (Å²) in [7, 11) is 0. The normalized spacial score (nSPS) is 10.7. The molecule has 0 saturated heterocycles. The lowest BCUT2D eigenvalue weighted by Gasteiger charge is -2.14. The van der Waals surface area contributed by atoms with Crippen LogP contribution in [0.2, 0.25) is 0 Å². The maximum Gasteiger partial charge on any atom is 0.175 e. The molecule has 114 valence electrons. The third kappa shape index (κ3) is 3.96. The SMILES string of the molecule is CCOc1cc(CO)cc(Br)c1OCc1nc(C)c(C)s1. The summed E-state index contributed by atoms with van der Waals surface area (Å²) in [6, 6.07) is 3.62. The number of aromatic nitrogens is 1. The van der Waals surface area contributed by atoms with Crippen LogP contribution in [0.4, 0.5) is 0 Å². The highest BCUT2D eigenvalue weighted by atomic mass is 79.9. The van der Waals surface area contributed by atoms with Crippen molar-refractivity contribution in [2.75, 3.05) is 6.61 Å². The number of hydrogen-bond acceptors (Lipinski definition) is 5. The molecule has 0 bridgehead atoms. The monoisotopic (exact) mass is 371 g/mol. The Kier molecular flexibility index (Phi) is 5.61. The number of aliphatic hydroxyl groups is 1. The van der Waals surface area contributed by atoms with Crippen LogP contribution in [0.3, 0.4) is 0 Å². The van der Waals surface area contributed by atoms with Gasteiger partial charge in [-0.15, -0.1) is 11.3 Å². The van der Waals surface area contributed by atoms with Crippen molar-refractivity contribution < 1.29 is 14.6 Å². The molecule has 0 radical (unpaired) electrons. The average Bonchev–Trinajstić information content (AvgIpc) is 2.77. The Morgan fingerprint density at radius 3 is 2.62 bits per heavy atom. The summed E-state index contributed by atoms with van der Waals surface area (Å²) in [5.74, 6) is 1.26. The lowest BCUT2D eigenvalue weighted by molar-refractivity contribution is 0.262. The van der Waals surface area contributed by atoms with E-state index in [-0.39, 0.29) is 6.61 Å². The predicted octanol–water partition coefficient (Wildman–Crippen LogP) is 3.99. The van der Waals surface area contributed by atoms with Crippen molar-refractivity contribution in [1.29, 1.82) is 0 Å². The topological polar surface area (TPSA) is 51.6 Å². The largest absolute Gasteiger partial charge is 0.490 e. The number of nitrogens with zero attached hydrogens (tertiary/aromatic N) is 1. The second kappa shape index (κ2) is 7.24. The van der Waals surface area contributed by atoms with Gasteiger partial charge in [-0.3, -0.25) is 0 Å². The highest BCUT2D eigenvalue weighted by Crippen LogP contribution is 2.37. The summed E-state index contributed by atoms with van der Waals surface area (Å²) < 4.78 is 12.2. The molecule has 0 aliphatic heterocycles. The van der Waals surface area contributed by atoms with Gasteiger partial charge in [0.15, 0.2) is 11.5 Å². The molecule has 0 aliphatic carbocycles. The molecule has 0 aliphatic rings. The van der Waals surface area contributed by atoms with Gasteiger partial charge in [0.05, 0.1) is 23.4 Å². The van der Waals surface area contributed by atoms with E-state index in [2.05, 4.69) is 20.9 Å². The molecule has 1 aromatic carbocycles. The van der Waals surface area contributed by atoms with E-state index in [0.717, 1.165) is 20.7 Å². The average molecular weight is 372 g/mol. The summed E-state index contributed by atoms with van der Waals surface area (Å²) in [5.41, 5.74) is 1.82. The van der Waals surface area contributed by atoms with Gasteiger partial charge < -0.3 is 14.6 Å². The van der Waals surface area contributed by atoms with Crippen LogP contribution in [0.15, 0.2) is 16.6 Å². The van der Waals surface area contributed by atoms with Crippen LogP contribution in [-0.4, -0.2) is 16.7 Å². The summed E-state index contributed by atoms with van der Waals surface area (Å²) in [5, 5.41) is 10.2. The fraction of sp³-hybridized carbons (Fsp3) is 0.400. The van der Waals surface area contributed by atoms with E-state index in [1.807, 2.05) is 26.8 Å². The van der Waals surface area contributed by atoms with Gasteiger partial charge in [0, 0.05) is 4.88 Å². The molecule has 1 N–H and O–H groups in total. The highest BCUT2D eigenvalue weighted by molar-refractivity contribution is 9.10. The van der Waals surface area contributed by atoms with E-state index in [1.54, 1.807) is 17.4 Å². The smallest absolute Gasteiger partial charge is 0.175 e. The first-order valence-electron chi connectivity index (χ1n) is 6.67. The molecular formula is C15H18BrNO3S. The number of rotatable bonds is 6. The molecule has 0 fully saturated rings. The van der Waals surface area contributed by atoms with Crippen molar-refractivity contribution in [3.05, 3.63) is 37.7 Å². The number of thiazole rings is 1. The van der Waals surface area contributed by atoms with E-state index < -0.39 is 0 Å². The van der Waals surface area contributed by atoms with Gasteiger partial charge >= 0.3 is 0 Å². The van der Waals surface area contributed by atoms with Crippen molar-refractivity contribution in [3.8, 4) is 11.5 Å². The van der Waals surface area contributed by atoms with Gasteiger partial charge in [-0.05, 0) is 54.4 Å². The predicted molar refractivity (Wildman–Crippen MR) is 87.2 cm³/mol. The molecule has 0 atom stereocenters. The summed E-state index contributed by atoms with van der Waals surface area (Å²) in [4.78, 5) is 5.66. The van der Waals surface area contributed by atoms with Crippen LogP contribution in [0.1, 0.15) is 28.1 Å². The second-order valence-corrected chi connectivity index (χ2v) is 6.68. The van der Waals surface area contributed by atoms with Crippen molar-refractivity contribution in [1.82, 2.24) is 4.98 Å². The first kappa shape index (κ1) is 16.3. The molecule has 4 nitrogen and oxygen atoms in total. The Hall–Kier alpha value is -1.11. The number of halogens is 1. The molecule has 0 spiro atoms. The minimum Gasteiger partial charge on any atom is -0.490 e. The molecule has 1 heterocycles. The quantitative estimate of drug-likeness (QED) is 0.833. The van der Waals surface area contributed by atoms with Crippen molar-refractivity contribution in [2.45, 2.75) is 34.0 Å². The van der Waals surface area contributed by atoms with Crippen LogP contribution in [-0.2, 0) is 13.2 Å². The minimum atomic E-state index is -0.0379. The summed E-state index contributed by atoms with van der Waals surface area (Å²) >= 11 is 5.10. The zero-order chi connectivity index (χ0) is 15.4. The Bertz CT molecular complexity index is 608. The van der Waals surface area contributed by atoms with Crippen LogP contribution in [0.25, 0.3) is 0 Å². The van der Waals surface area contributed by atoms with Gasteiger partial charge in [0.2, 0.25) is 0 Å². The Balaban J connectivity index is 2.21. The zero-order valence-corrected chi connectivity index (χ0v) is 14.7. The van der Waals surface area contributed by atoms with Crippen LogP contribution in [0, 0.1) is 13.8 Å². The third-order valence-corrected chi connectivity index (χ3v) is 4.60. The first-order valence-corrected chi connectivity index (χ1v) is 8.27. The van der Waals surface area contributed by atoms with E-state index in [0.29, 0.717) is 24.7 Å². The van der Waals surface area contributed by atoms with E-state index in [1.165, 1.54) is 4.88 Å². The van der Waals surface area contributed by atoms with Gasteiger partial charge in [-0.1, -0.05) is 0 Å². The maximum atomic E-state index is 9.26. The van der Waals surface area contributed by atoms with Crippen LogP contribution >= 0.6 is 27.3 Å². The lowest BCUT2D eigenvalue weighted by Crippen LogP contribution is -2.01. The fourth-order valence-electron chi connectivity index (χ4n) is 1.85. The van der Waals surface area contributed by atoms with Gasteiger partial charge in [-0.25, -0.2) is 4.98 Å². The van der Waals surface area contributed by atoms with Gasteiger partial charge in [-0.2, -0.15) is 0 Å². The van der Waals surface area contributed by atoms with E-state index >= 15 is 0 Å². The van der Waals surface area contributed by atoms with Crippen LogP contribution < -0.4 is 9.47 Å². The van der Waals surface area contributed by atoms with Gasteiger partial charge in [0.1, 0.15) is 11.6 Å². The van der Waals surface area contributed by atoms with Crippen LogP contribution in [0.5, 0.6) is 11.5 Å². The molecule has 1 aromatic heterocycles. The van der Waals surface area contributed by atoms with E-state index in [4.69, 9.17) is 9.47 Å². The van der Waals surface area contributed by atoms with Crippen molar-refractivity contribution >= 4 is 27.3 Å². The van der Waals surface area contributed by atoms with Crippen molar-refractivity contribution in [3.63, 3.8) is 0 Å². The maximum absolute atomic E-state index is 9.26. The number of aliphatic hydroxyl groups excluding tert-OH is 1. The molecule has 0 unspecified atom stereocenters. The van der Waals surface area contributed by atoms with E-state index in [9.17, 15) is 5.11 Å². The zero-order valence-electron chi connectivity index (χ0n) is 12.3. The number of ether oxygens (including phenoxy) is 2. The third-order valence-electron chi connectivity index (χ3n) is 2.96. The molecule has 2 rings (SSSR count). The van der Waals surface area contributed by atoms with Gasteiger partial charge in [0.25, 0.3) is 0 Å². The number of benzene rings is 1. The lowest BCUT2D eigenvalue weighted by atomic mass is 10.2. The standard InChI is InChI=1S/C15H18BrNO3S/c1-4-19-13-6-11(7-18)5-12(16)15(13)20-8-14-17-9(2)10(3)21-14/h5-6,18H,4,7-8H2,1-3H3. The second-order valence-electron chi connectivity index (χ2n) is 4.53. The summed E-state index contributed by atoms with van der Waals surface area (Å²) in [6.07, 6.45) is 0. The Morgan fingerprint density at radius 2 is 2.05 bits per heavy atom. The Labute approximate surface area is 136 Å².